The van der Waals surface area contributed by atoms with E-state index in [9.17, 15) is 4.79 Å². The summed E-state index contributed by atoms with van der Waals surface area (Å²) in [7, 11) is 0. The van der Waals surface area contributed by atoms with E-state index >= 15 is 0 Å². The second-order valence-electron chi connectivity index (χ2n) is 3.52. The lowest BCUT2D eigenvalue weighted by Crippen LogP contribution is -2.29. The first-order chi connectivity index (χ1) is 7.99. The maximum absolute atomic E-state index is 11.3. The first kappa shape index (κ1) is 14.1. The molecule has 0 aromatic heterocycles. The summed E-state index contributed by atoms with van der Waals surface area (Å²) >= 11 is 8.89. The molecular formula is C12H13BrClNO2. The van der Waals surface area contributed by atoms with Gasteiger partial charge in [0.15, 0.2) is 6.61 Å². The third-order valence-corrected chi connectivity index (χ3v) is 2.68. The third kappa shape index (κ3) is 5.24. The zero-order chi connectivity index (χ0) is 12.8. The molecule has 0 atom stereocenters. The Bertz CT molecular complexity index is 435. The molecule has 0 unspecified atom stereocenters. The Morgan fingerprint density at radius 2 is 2.29 bits per heavy atom. The van der Waals surface area contributed by atoms with Crippen LogP contribution in [0, 0.1) is 6.92 Å². The largest absolute Gasteiger partial charge is 0.483 e. The fourth-order valence-electron chi connectivity index (χ4n) is 1.11. The van der Waals surface area contributed by atoms with Crippen LogP contribution in [-0.2, 0) is 4.79 Å². The van der Waals surface area contributed by atoms with Gasteiger partial charge in [0.25, 0.3) is 5.91 Å². The van der Waals surface area contributed by atoms with Crippen molar-refractivity contribution in [3.05, 3.63) is 39.8 Å². The monoisotopic (exact) mass is 317 g/mol. The van der Waals surface area contributed by atoms with E-state index < -0.39 is 0 Å². The van der Waals surface area contributed by atoms with Crippen molar-refractivity contribution in [2.75, 3.05) is 13.2 Å². The van der Waals surface area contributed by atoms with Crippen LogP contribution >= 0.6 is 27.5 Å². The minimum absolute atomic E-state index is 0.0498. The van der Waals surface area contributed by atoms with Crippen LogP contribution in [0.3, 0.4) is 0 Å². The van der Waals surface area contributed by atoms with Crippen LogP contribution in [0.2, 0.25) is 0 Å². The van der Waals surface area contributed by atoms with E-state index in [0.29, 0.717) is 10.8 Å². The summed E-state index contributed by atoms with van der Waals surface area (Å²) in [5.74, 6) is 0.398. The molecule has 1 aromatic rings. The molecule has 0 fully saturated rings. The van der Waals surface area contributed by atoms with Crippen LogP contribution in [0.15, 0.2) is 34.3 Å². The highest BCUT2D eigenvalue weighted by Gasteiger charge is 2.05. The maximum atomic E-state index is 11.3. The molecule has 0 aliphatic heterocycles. The van der Waals surface area contributed by atoms with Gasteiger partial charge >= 0.3 is 0 Å². The lowest BCUT2D eigenvalue weighted by atomic mass is 10.2. The molecule has 5 heteroatoms. The van der Waals surface area contributed by atoms with Crippen molar-refractivity contribution in [3.8, 4) is 5.75 Å². The molecule has 0 spiro atoms. The molecule has 3 nitrogen and oxygen atoms in total. The van der Waals surface area contributed by atoms with Crippen LogP contribution in [0.4, 0.5) is 0 Å². The number of aryl methyl sites for hydroxylation is 1. The Morgan fingerprint density at radius 1 is 1.59 bits per heavy atom. The van der Waals surface area contributed by atoms with Gasteiger partial charge in [-0.15, -0.1) is 0 Å². The summed E-state index contributed by atoms with van der Waals surface area (Å²) in [6, 6.07) is 5.65. The van der Waals surface area contributed by atoms with Crippen molar-refractivity contribution >= 4 is 33.4 Å². The molecule has 1 aromatic carbocycles. The molecule has 0 radical (unpaired) electrons. The zero-order valence-corrected chi connectivity index (χ0v) is 11.8. The average Bonchev–Trinajstić information content (AvgIpc) is 2.25. The van der Waals surface area contributed by atoms with Gasteiger partial charge in [-0.3, -0.25) is 4.79 Å². The van der Waals surface area contributed by atoms with Gasteiger partial charge in [-0.2, -0.15) is 0 Å². The molecule has 0 bridgehead atoms. The number of halogens is 2. The maximum Gasteiger partial charge on any atom is 0.258 e. The van der Waals surface area contributed by atoms with E-state index in [1.807, 2.05) is 25.1 Å². The Labute approximate surface area is 114 Å². The van der Waals surface area contributed by atoms with E-state index in [-0.39, 0.29) is 19.1 Å². The van der Waals surface area contributed by atoms with Gasteiger partial charge in [-0.1, -0.05) is 24.2 Å². The van der Waals surface area contributed by atoms with E-state index in [1.165, 1.54) is 0 Å². The van der Waals surface area contributed by atoms with Crippen LogP contribution < -0.4 is 10.1 Å². The Morgan fingerprint density at radius 3 is 2.88 bits per heavy atom. The van der Waals surface area contributed by atoms with Crippen LogP contribution in [0.1, 0.15) is 5.56 Å². The number of carbonyl (C=O) groups is 1. The van der Waals surface area contributed by atoms with Crippen molar-refractivity contribution in [1.29, 1.82) is 0 Å². The fraction of sp³-hybridized carbons (Fsp3) is 0.250. The summed E-state index contributed by atoms with van der Waals surface area (Å²) in [4.78, 5) is 11.3. The number of hydrogen-bond acceptors (Lipinski definition) is 2. The van der Waals surface area contributed by atoms with Crippen molar-refractivity contribution in [1.82, 2.24) is 5.32 Å². The quantitative estimate of drug-likeness (QED) is 0.906. The number of amides is 1. The molecule has 17 heavy (non-hydrogen) atoms. The topological polar surface area (TPSA) is 38.3 Å². The first-order valence-electron chi connectivity index (χ1n) is 4.98. The number of rotatable bonds is 5. The molecule has 0 aliphatic rings. The standard InChI is InChI=1S/C12H13BrClNO2/c1-8-3-4-11(10(13)5-8)17-7-12(16)15-6-9(2)14/h3-5H,2,6-7H2,1H3,(H,15,16). The minimum atomic E-state index is -0.237. The molecule has 1 rings (SSSR count). The summed E-state index contributed by atoms with van der Waals surface area (Å²) in [6.07, 6.45) is 0. The van der Waals surface area contributed by atoms with Gasteiger partial charge in [0.05, 0.1) is 11.0 Å². The molecule has 1 N–H and O–H groups in total. The van der Waals surface area contributed by atoms with Gasteiger partial charge in [-0.25, -0.2) is 0 Å². The number of nitrogens with one attached hydrogen (secondary N) is 1. The summed E-state index contributed by atoms with van der Waals surface area (Å²) in [5, 5.41) is 2.96. The predicted octanol–water partition coefficient (Wildman–Crippen LogP) is 3.01. The minimum Gasteiger partial charge on any atom is -0.483 e. The Kier molecular flexibility index (Phi) is 5.51. The summed E-state index contributed by atoms with van der Waals surface area (Å²) in [6.45, 7) is 5.65. The van der Waals surface area contributed by atoms with Gasteiger partial charge in [0.2, 0.25) is 0 Å². The molecule has 0 aliphatic carbocycles. The lowest BCUT2D eigenvalue weighted by Gasteiger charge is -2.08. The van der Waals surface area contributed by atoms with Crippen molar-refractivity contribution in [3.63, 3.8) is 0 Å². The first-order valence-corrected chi connectivity index (χ1v) is 6.15. The fourth-order valence-corrected chi connectivity index (χ4v) is 1.79. The van der Waals surface area contributed by atoms with Gasteiger partial charge in [0.1, 0.15) is 5.75 Å². The normalized spacial score (nSPS) is 9.82. The summed E-state index contributed by atoms with van der Waals surface area (Å²) in [5.41, 5.74) is 1.12. The zero-order valence-electron chi connectivity index (χ0n) is 9.43. The van der Waals surface area contributed by atoms with E-state index in [2.05, 4.69) is 27.8 Å². The van der Waals surface area contributed by atoms with Crippen LogP contribution in [-0.4, -0.2) is 19.1 Å². The number of benzene rings is 1. The van der Waals surface area contributed by atoms with Crippen LogP contribution in [0.25, 0.3) is 0 Å². The van der Waals surface area contributed by atoms with Gasteiger partial charge in [-0.05, 0) is 40.5 Å². The molecule has 92 valence electrons. The van der Waals surface area contributed by atoms with E-state index in [4.69, 9.17) is 16.3 Å². The smallest absolute Gasteiger partial charge is 0.258 e. The highest BCUT2D eigenvalue weighted by molar-refractivity contribution is 9.10. The number of hydrogen-bond donors (Lipinski definition) is 1. The van der Waals surface area contributed by atoms with Crippen molar-refractivity contribution in [2.24, 2.45) is 0 Å². The highest BCUT2D eigenvalue weighted by Crippen LogP contribution is 2.25. The molecule has 0 saturated heterocycles. The molecular weight excluding hydrogens is 305 g/mol. The van der Waals surface area contributed by atoms with E-state index in [1.54, 1.807) is 0 Å². The third-order valence-electron chi connectivity index (χ3n) is 1.92. The molecule has 0 saturated carbocycles. The second kappa shape index (κ2) is 6.67. The average molecular weight is 319 g/mol. The van der Waals surface area contributed by atoms with Crippen molar-refractivity contribution in [2.45, 2.75) is 6.92 Å². The number of carbonyl (C=O) groups excluding carboxylic acids is 1. The highest BCUT2D eigenvalue weighted by atomic mass is 79.9. The van der Waals surface area contributed by atoms with E-state index in [0.717, 1.165) is 10.0 Å². The van der Waals surface area contributed by atoms with Crippen LogP contribution in [0.5, 0.6) is 5.75 Å². The SMILES string of the molecule is C=C(Cl)CNC(=O)COc1ccc(C)cc1Br. The second-order valence-corrected chi connectivity index (χ2v) is 4.91. The van der Waals surface area contributed by atoms with Gasteiger partial charge < -0.3 is 10.1 Å². The Hall–Kier alpha value is -1.000. The van der Waals surface area contributed by atoms with Gasteiger partial charge in [0, 0.05) is 5.03 Å². The van der Waals surface area contributed by atoms with Crippen molar-refractivity contribution < 1.29 is 9.53 Å². The Balaban J connectivity index is 2.44. The number of ether oxygens (including phenoxy) is 1. The predicted molar refractivity (Wildman–Crippen MR) is 72.4 cm³/mol. The lowest BCUT2D eigenvalue weighted by molar-refractivity contribution is -0.122. The molecule has 0 heterocycles. The molecule has 1 amide bonds. The summed E-state index contributed by atoms with van der Waals surface area (Å²) < 4.78 is 6.18.